The third-order valence-corrected chi connectivity index (χ3v) is 29.2. The van der Waals surface area contributed by atoms with Gasteiger partial charge in [0.2, 0.25) is 0 Å². The molecule has 34 heavy (non-hydrogen) atoms. The normalized spacial score (nSPS) is 21.2. The molecule has 1 rings (SSSR count). The number of carbonyl (C=O) groups excluding carboxylic acids is 1. The Balaban J connectivity index is 3.48. The molecule has 1 unspecified atom stereocenters. The van der Waals surface area contributed by atoms with E-state index in [0.717, 1.165) is 18.9 Å². The quantitative estimate of drug-likeness (QED) is 0.112. The van der Waals surface area contributed by atoms with Crippen LogP contribution in [0.25, 0.3) is 0 Å². The molecule has 0 aromatic rings. The smallest absolute Gasteiger partial charge is 0.463 e. The zero-order valence-corrected chi connectivity index (χ0v) is 29.8. The van der Waals surface area contributed by atoms with Crippen LogP contribution in [0.15, 0.2) is 12.7 Å². The van der Waals surface area contributed by atoms with Crippen LogP contribution in [0.3, 0.4) is 0 Å². The highest BCUT2D eigenvalue weighted by Gasteiger charge is 2.73. The van der Waals surface area contributed by atoms with Gasteiger partial charge in [0.05, 0.1) is 6.61 Å². The number of rotatable bonds is 13. The van der Waals surface area contributed by atoms with E-state index < -0.39 is 55.6 Å². The lowest BCUT2D eigenvalue weighted by atomic mass is 10.1. The van der Waals surface area contributed by atoms with E-state index in [9.17, 15) is 4.79 Å². The van der Waals surface area contributed by atoms with Gasteiger partial charge in [-0.25, -0.2) is 4.79 Å². The van der Waals surface area contributed by atoms with Gasteiger partial charge < -0.3 is 25.6 Å². The molecular weight excluding hydrogens is 533 g/mol. The summed E-state index contributed by atoms with van der Waals surface area (Å²) < 4.78 is 40.6. The largest absolute Gasteiger partial charge is 0.517 e. The third-order valence-electron chi connectivity index (χ3n) is 4.49. The van der Waals surface area contributed by atoms with Gasteiger partial charge in [-0.1, -0.05) is 6.58 Å². The molecule has 1 aliphatic heterocycles. The van der Waals surface area contributed by atoms with Gasteiger partial charge in [-0.15, -0.1) is 0 Å². The lowest BCUT2D eigenvalue weighted by Crippen LogP contribution is -2.81. The van der Waals surface area contributed by atoms with Gasteiger partial charge in [-0.2, -0.15) is 0 Å². The van der Waals surface area contributed by atoms with Crippen LogP contribution in [0.1, 0.15) is 19.3 Å². The fraction of sp³-hybridized carbons (Fsp3) is 0.857. The molecule has 0 bridgehead atoms. The van der Waals surface area contributed by atoms with Crippen molar-refractivity contribution in [2.45, 2.75) is 110 Å². The molecule has 0 amide bonds. The van der Waals surface area contributed by atoms with Gasteiger partial charge in [0, 0.05) is 12.2 Å². The van der Waals surface area contributed by atoms with Gasteiger partial charge in [0.1, 0.15) is 0 Å². The van der Waals surface area contributed by atoms with Crippen molar-refractivity contribution in [2.24, 2.45) is 0 Å². The standard InChI is InChI=1S/C21H50O7Si6/c1-14-21(22)23-18-15-16-20-17-19-33(25-29(2,3)4,26-30(5,6)7)34(24-20,27-31(8,9)10)28-32(11,12)13/h14,20H,1,15-19H2,2-13H3. The summed E-state index contributed by atoms with van der Waals surface area (Å²) in [5.41, 5.74) is 0. The van der Waals surface area contributed by atoms with E-state index in [0.29, 0.717) is 13.0 Å². The van der Waals surface area contributed by atoms with Crippen molar-refractivity contribution < 1.29 is 30.4 Å². The predicted molar refractivity (Wildman–Crippen MR) is 154 cm³/mol. The molecule has 1 aliphatic rings. The maximum atomic E-state index is 11.4. The minimum Gasteiger partial charge on any atom is -0.463 e. The minimum atomic E-state index is -3.34. The third kappa shape index (κ3) is 11.1. The maximum absolute atomic E-state index is 11.4. The first kappa shape index (κ1) is 32.3. The molecule has 7 nitrogen and oxygen atoms in total. The molecule has 0 saturated carbocycles. The molecule has 0 aromatic heterocycles. The second-order valence-electron chi connectivity index (χ2n) is 13.0. The fourth-order valence-corrected chi connectivity index (χ4v) is 43.1. The van der Waals surface area contributed by atoms with E-state index in [-0.39, 0.29) is 6.10 Å². The highest BCUT2D eigenvalue weighted by atomic mass is 29.3. The molecule has 1 fully saturated rings. The summed E-state index contributed by atoms with van der Waals surface area (Å²) >= 11 is 0. The Kier molecular flexibility index (Phi) is 11.2. The Morgan fingerprint density at radius 3 is 1.68 bits per heavy atom. The van der Waals surface area contributed by atoms with Crippen LogP contribution in [0.4, 0.5) is 0 Å². The van der Waals surface area contributed by atoms with Crippen molar-refractivity contribution in [1.82, 2.24) is 0 Å². The molecule has 0 aliphatic carbocycles. The average molecular weight is 583 g/mol. The maximum Gasteiger partial charge on any atom is 0.517 e. The summed E-state index contributed by atoms with van der Waals surface area (Å²) in [5.74, 6) is -0.393. The molecule has 1 heterocycles. The van der Waals surface area contributed by atoms with E-state index in [2.05, 4.69) is 85.1 Å². The molecule has 1 atom stereocenters. The summed E-state index contributed by atoms with van der Waals surface area (Å²) in [6.45, 7) is 30.3. The Hall–Kier alpha value is 0.311. The van der Waals surface area contributed by atoms with Crippen molar-refractivity contribution in [2.75, 3.05) is 6.61 Å². The van der Waals surface area contributed by atoms with Crippen LogP contribution in [-0.4, -0.2) is 68.4 Å². The summed E-state index contributed by atoms with van der Waals surface area (Å²) in [7, 11) is -14.5. The zero-order valence-electron chi connectivity index (χ0n) is 23.8. The van der Waals surface area contributed by atoms with Crippen LogP contribution < -0.4 is 0 Å². The van der Waals surface area contributed by atoms with Crippen molar-refractivity contribution in [3.05, 3.63) is 12.7 Å². The van der Waals surface area contributed by atoms with Crippen molar-refractivity contribution >= 4 is 55.6 Å². The van der Waals surface area contributed by atoms with Crippen molar-refractivity contribution in [1.29, 1.82) is 0 Å². The highest BCUT2D eigenvalue weighted by molar-refractivity contribution is 7.34. The molecule has 0 spiro atoms. The van der Waals surface area contributed by atoms with E-state index in [4.69, 9.17) is 25.6 Å². The van der Waals surface area contributed by atoms with Crippen LogP contribution in [0.5, 0.6) is 0 Å². The zero-order chi connectivity index (χ0) is 26.6. The Labute approximate surface area is 214 Å². The van der Waals surface area contributed by atoms with E-state index >= 15 is 0 Å². The first-order valence-electron chi connectivity index (χ1n) is 12.4. The van der Waals surface area contributed by atoms with Gasteiger partial charge in [0.25, 0.3) is 0 Å². The Morgan fingerprint density at radius 1 is 0.853 bits per heavy atom. The Bertz CT molecular complexity index is 660. The van der Waals surface area contributed by atoms with E-state index in [1.165, 1.54) is 6.08 Å². The van der Waals surface area contributed by atoms with Crippen LogP contribution >= 0.6 is 0 Å². The molecule has 200 valence electrons. The minimum absolute atomic E-state index is 0.0297. The lowest BCUT2D eigenvalue weighted by Gasteiger charge is -2.55. The summed E-state index contributed by atoms with van der Waals surface area (Å²) in [4.78, 5) is 11.4. The van der Waals surface area contributed by atoms with Gasteiger partial charge >= 0.3 is 22.4 Å². The number of hydrogen-bond donors (Lipinski definition) is 0. The Morgan fingerprint density at radius 2 is 1.29 bits per heavy atom. The van der Waals surface area contributed by atoms with Crippen LogP contribution in [0.2, 0.25) is 84.6 Å². The molecule has 13 heteroatoms. The summed E-state index contributed by atoms with van der Waals surface area (Å²) in [5, 5.41) is 0. The van der Waals surface area contributed by atoms with Crippen molar-refractivity contribution in [3.8, 4) is 0 Å². The lowest BCUT2D eigenvalue weighted by molar-refractivity contribution is -0.138. The van der Waals surface area contributed by atoms with Gasteiger partial charge in [0.15, 0.2) is 33.3 Å². The number of ether oxygens (including phenoxy) is 1. The first-order valence-corrected chi connectivity index (χ1v) is 30.8. The average Bonchev–Trinajstić information content (AvgIpc) is 2.55. The summed E-state index contributed by atoms with van der Waals surface area (Å²) in [6.07, 6.45) is 3.49. The van der Waals surface area contributed by atoms with E-state index in [1.54, 1.807) is 0 Å². The topological polar surface area (TPSA) is 72.5 Å². The van der Waals surface area contributed by atoms with Gasteiger partial charge in [-0.05, 0) is 104 Å². The van der Waals surface area contributed by atoms with Crippen LogP contribution in [0, 0.1) is 0 Å². The summed E-state index contributed by atoms with van der Waals surface area (Å²) in [6, 6.07) is 0.819. The highest BCUT2D eigenvalue weighted by Crippen LogP contribution is 2.43. The van der Waals surface area contributed by atoms with Crippen molar-refractivity contribution in [3.63, 3.8) is 0 Å². The fourth-order valence-electron chi connectivity index (χ4n) is 3.89. The monoisotopic (exact) mass is 582 g/mol. The molecular formula is C21H50O7Si6. The number of hydrogen-bond acceptors (Lipinski definition) is 7. The first-order chi connectivity index (χ1) is 15.1. The number of esters is 1. The second kappa shape index (κ2) is 11.8. The second-order valence-corrected chi connectivity index (χ2v) is 40.6. The van der Waals surface area contributed by atoms with Gasteiger partial charge in [-0.3, -0.25) is 0 Å². The molecule has 0 aromatic carbocycles. The van der Waals surface area contributed by atoms with E-state index in [1.807, 2.05) is 0 Å². The molecule has 1 saturated heterocycles. The predicted octanol–water partition coefficient (Wildman–Crippen LogP) is 6.15. The van der Waals surface area contributed by atoms with Crippen LogP contribution in [-0.2, 0) is 30.4 Å². The molecule has 0 N–H and O–H groups in total. The number of carbonyl (C=O) groups is 1. The molecule has 0 radical (unpaired) electrons. The SMILES string of the molecule is C=CC(=O)OCCCC1CC[Si](O[Si](C)(C)C)(O[Si](C)(C)C)[Si](O[Si](C)(C)C)(O[Si](C)(C)C)O1.